The Labute approximate surface area is 268 Å². The predicted molar refractivity (Wildman–Crippen MR) is 185 cm³/mol. The molecule has 0 unspecified atom stereocenters. The van der Waals surface area contributed by atoms with Crippen molar-refractivity contribution in [1.29, 1.82) is 10.5 Å². The third kappa shape index (κ3) is 3.89. The molecule has 0 saturated heterocycles. The van der Waals surface area contributed by atoms with Crippen LogP contribution in [0, 0.1) is 28.5 Å². The summed E-state index contributed by atoms with van der Waals surface area (Å²) >= 11 is 0. The van der Waals surface area contributed by atoms with Gasteiger partial charge in [-0.3, -0.25) is 4.57 Å². The van der Waals surface area contributed by atoms with Gasteiger partial charge in [-0.1, -0.05) is 72.8 Å². The van der Waals surface area contributed by atoms with Crippen molar-refractivity contribution < 1.29 is 4.39 Å². The fraction of sp³-hybridized carbons (Fsp3) is 0. The molecule has 6 heteroatoms. The van der Waals surface area contributed by atoms with Crippen LogP contribution in [0.15, 0.2) is 133 Å². The lowest BCUT2D eigenvalue weighted by atomic mass is 10.0. The first-order valence-corrected chi connectivity index (χ1v) is 15.2. The number of nitriles is 2. The number of hydrogen-bond donors (Lipinski definition) is 0. The van der Waals surface area contributed by atoms with E-state index in [-0.39, 0.29) is 11.1 Å². The summed E-state index contributed by atoms with van der Waals surface area (Å²) in [5, 5.41) is 25.2. The van der Waals surface area contributed by atoms with Crippen molar-refractivity contribution in [3.63, 3.8) is 0 Å². The molecule has 0 amide bonds. The van der Waals surface area contributed by atoms with Gasteiger partial charge in [0.2, 0.25) is 0 Å². The summed E-state index contributed by atoms with van der Waals surface area (Å²) in [5.74, 6) is -0.158. The standard InChI is InChI=1S/C41H22FN5/c42-27-16-18-29-34(23-43)35(24-44)41(45-36(29)22-27)47-38-13-7-5-11-31(38)33-20-25(15-19-39(33)47)26-14-17-32-30-10-4-6-12-37(30)46(40(32)21-26)28-8-2-1-3-9-28/h1-22H. The van der Waals surface area contributed by atoms with Crippen LogP contribution < -0.4 is 0 Å². The van der Waals surface area contributed by atoms with Gasteiger partial charge in [-0.05, 0) is 65.7 Å². The van der Waals surface area contributed by atoms with E-state index in [0.29, 0.717) is 16.7 Å². The van der Waals surface area contributed by atoms with E-state index in [9.17, 15) is 14.9 Å². The lowest BCUT2D eigenvalue weighted by Crippen LogP contribution is -2.04. The second-order valence-electron chi connectivity index (χ2n) is 11.6. The van der Waals surface area contributed by atoms with E-state index in [1.54, 1.807) is 0 Å². The molecule has 0 aliphatic rings. The van der Waals surface area contributed by atoms with Crippen LogP contribution in [0.5, 0.6) is 0 Å². The molecule has 0 aliphatic carbocycles. The molecule has 0 atom stereocenters. The van der Waals surface area contributed by atoms with E-state index in [4.69, 9.17) is 4.98 Å². The maximum atomic E-state index is 14.3. The number of aromatic nitrogens is 3. The fourth-order valence-corrected chi connectivity index (χ4v) is 7.00. The van der Waals surface area contributed by atoms with E-state index in [0.717, 1.165) is 49.7 Å². The highest BCUT2D eigenvalue weighted by atomic mass is 19.1. The number of benzene rings is 6. The zero-order valence-corrected chi connectivity index (χ0v) is 24.8. The number of rotatable bonds is 3. The molecule has 0 bridgehead atoms. The molecule has 6 aromatic carbocycles. The molecule has 3 aromatic heterocycles. The molecule has 0 N–H and O–H groups in total. The van der Waals surface area contributed by atoms with Crippen LogP contribution in [-0.4, -0.2) is 14.1 Å². The number of hydrogen-bond acceptors (Lipinski definition) is 3. The second-order valence-corrected chi connectivity index (χ2v) is 11.6. The summed E-state index contributed by atoms with van der Waals surface area (Å²) in [6.45, 7) is 0. The van der Waals surface area contributed by atoms with Crippen molar-refractivity contribution in [2.24, 2.45) is 0 Å². The molecule has 3 heterocycles. The van der Waals surface area contributed by atoms with E-state index in [2.05, 4.69) is 95.6 Å². The summed E-state index contributed by atoms with van der Waals surface area (Å²) in [5.41, 5.74) is 7.79. The first-order chi connectivity index (χ1) is 23.1. The maximum absolute atomic E-state index is 14.3. The van der Waals surface area contributed by atoms with Crippen LogP contribution in [0.1, 0.15) is 11.1 Å². The first kappa shape index (κ1) is 26.6. The largest absolute Gasteiger partial charge is 0.309 e. The SMILES string of the molecule is N#Cc1c(-n2c3ccccc3c3cc(-c4ccc5c6ccccc6n(-c6ccccc6)c5c4)ccc32)nc2cc(F)ccc2c1C#N. The Hall–Kier alpha value is -6.76. The van der Waals surface area contributed by atoms with Crippen molar-refractivity contribution >= 4 is 54.5 Å². The van der Waals surface area contributed by atoms with Crippen LogP contribution in [0.3, 0.4) is 0 Å². The van der Waals surface area contributed by atoms with Gasteiger partial charge < -0.3 is 4.57 Å². The van der Waals surface area contributed by atoms with Crippen LogP contribution in [0.2, 0.25) is 0 Å². The van der Waals surface area contributed by atoms with Gasteiger partial charge in [0.25, 0.3) is 0 Å². The van der Waals surface area contributed by atoms with Crippen molar-refractivity contribution in [2.75, 3.05) is 0 Å². The van der Waals surface area contributed by atoms with Gasteiger partial charge in [-0.15, -0.1) is 0 Å². The summed E-state index contributed by atoms with van der Waals surface area (Å²) in [4.78, 5) is 4.78. The van der Waals surface area contributed by atoms with Gasteiger partial charge in [-0.2, -0.15) is 10.5 Å². The maximum Gasteiger partial charge on any atom is 0.157 e. The van der Waals surface area contributed by atoms with Gasteiger partial charge >= 0.3 is 0 Å². The van der Waals surface area contributed by atoms with Crippen molar-refractivity contribution in [3.05, 3.63) is 150 Å². The highest BCUT2D eigenvalue weighted by Gasteiger charge is 2.22. The predicted octanol–water partition coefficient (Wildman–Crippen LogP) is 9.98. The van der Waals surface area contributed by atoms with Gasteiger partial charge in [0.05, 0.1) is 33.1 Å². The summed E-state index contributed by atoms with van der Waals surface area (Å²) in [7, 11) is 0. The van der Waals surface area contributed by atoms with Crippen LogP contribution >= 0.6 is 0 Å². The molecule has 9 rings (SSSR count). The zero-order chi connectivity index (χ0) is 31.6. The van der Waals surface area contributed by atoms with Crippen LogP contribution in [0.4, 0.5) is 4.39 Å². The summed E-state index contributed by atoms with van der Waals surface area (Å²) in [6.07, 6.45) is 0. The quantitative estimate of drug-likeness (QED) is 0.202. The van der Waals surface area contributed by atoms with Crippen LogP contribution in [-0.2, 0) is 0 Å². The Kier molecular flexibility index (Phi) is 5.74. The van der Waals surface area contributed by atoms with Crippen LogP contribution in [0.25, 0.3) is 77.1 Å². The number of para-hydroxylation sites is 3. The fourth-order valence-electron chi connectivity index (χ4n) is 7.00. The molecule has 9 aromatic rings. The Morgan fingerprint density at radius 2 is 1.09 bits per heavy atom. The van der Waals surface area contributed by atoms with Gasteiger partial charge in [0.15, 0.2) is 5.82 Å². The smallest absolute Gasteiger partial charge is 0.157 e. The van der Waals surface area contributed by atoms with E-state index in [1.807, 2.05) is 41.0 Å². The third-order valence-corrected chi connectivity index (χ3v) is 9.06. The molecule has 0 saturated carbocycles. The van der Waals surface area contributed by atoms with E-state index >= 15 is 0 Å². The van der Waals surface area contributed by atoms with Crippen molar-refractivity contribution in [1.82, 2.24) is 14.1 Å². The van der Waals surface area contributed by atoms with E-state index in [1.165, 1.54) is 29.0 Å². The normalized spacial score (nSPS) is 11.5. The second kappa shape index (κ2) is 10.1. The van der Waals surface area contributed by atoms with Gasteiger partial charge in [0, 0.05) is 38.7 Å². The Balaban J connectivity index is 1.30. The average Bonchev–Trinajstić information content (AvgIpc) is 3.63. The zero-order valence-electron chi connectivity index (χ0n) is 24.8. The Bertz CT molecular complexity index is 2830. The van der Waals surface area contributed by atoms with Gasteiger partial charge in [-0.25, -0.2) is 9.37 Å². The third-order valence-electron chi connectivity index (χ3n) is 9.06. The Morgan fingerprint density at radius 3 is 1.85 bits per heavy atom. The molecule has 0 fully saturated rings. The first-order valence-electron chi connectivity index (χ1n) is 15.2. The van der Waals surface area contributed by atoms with Crippen molar-refractivity contribution in [2.45, 2.75) is 0 Å². The summed E-state index contributed by atoms with van der Waals surface area (Å²) in [6, 6.07) is 48.2. The molecule has 0 aliphatic heterocycles. The molecular formula is C41H22FN5. The number of halogens is 1. The summed E-state index contributed by atoms with van der Waals surface area (Å²) < 4.78 is 18.5. The minimum Gasteiger partial charge on any atom is -0.309 e. The molecule has 5 nitrogen and oxygen atoms in total. The minimum absolute atomic E-state index is 0.150. The number of nitrogens with zero attached hydrogens (tertiary/aromatic N) is 5. The molecular weight excluding hydrogens is 581 g/mol. The molecule has 47 heavy (non-hydrogen) atoms. The van der Waals surface area contributed by atoms with E-state index < -0.39 is 5.82 Å². The molecule has 0 radical (unpaired) electrons. The lowest BCUT2D eigenvalue weighted by Gasteiger charge is -2.12. The molecule has 0 spiro atoms. The van der Waals surface area contributed by atoms with Gasteiger partial charge in [0.1, 0.15) is 23.5 Å². The Morgan fingerprint density at radius 1 is 0.489 bits per heavy atom. The monoisotopic (exact) mass is 603 g/mol. The average molecular weight is 604 g/mol. The van der Waals surface area contributed by atoms with Crippen molar-refractivity contribution in [3.8, 4) is 34.8 Å². The molecule has 218 valence electrons. The highest BCUT2D eigenvalue weighted by Crippen LogP contribution is 2.39. The minimum atomic E-state index is -0.459. The lowest BCUT2D eigenvalue weighted by molar-refractivity contribution is 0.629. The topological polar surface area (TPSA) is 70.3 Å². The number of pyridine rings is 1. The highest BCUT2D eigenvalue weighted by molar-refractivity contribution is 6.12. The number of fused-ring (bicyclic) bond motifs is 7.